The van der Waals surface area contributed by atoms with Gasteiger partial charge in [-0.15, -0.1) is 0 Å². The average Bonchev–Trinajstić information content (AvgIpc) is 3.07. The molecular formula is C34H37N3O8S. The molecule has 3 aromatic rings. The predicted octanol–water partition coefficient (Wildman–Crippen LogP) is 3.81. The van der Waals surface area contributed by atoms with Gasteiger partial charge in [0.05, 0.1) is 66.1 Å². The Labute approximate surface area is 273 Å². The van der Waals surface area contributed by atoms with E-state index < -0.39 is 0 Å². The summed E-state index contributed by atoms with van der Waals surface area (Å²) in [6, 6.07) is 18.8. The maximum absolute atomic E-state index is 13.6. The third-order valence-electron chi connectivity index (χ3n) is 7.34. The number of carbonyl (C=O) groups is 3. The van der Waals surface area contributed by atoms with E-state index in [1.807, 2.05) is 0 Å². The lowest BCUT2D eigenvalue weighted by Crippen LogP contribution is -2.37. The standard InChI is InChI=1S/C34H37N3O8S/c38-31-27-6-1-2-7-28(27)32(39)30-23-26(8-9-29(30)31)36-34(46)35-25-5-3-4-24(22-25)33(40)37-10-12-41-14-16-43-18-20-45-21-19-44-17-15-42-13-11-37/h1-9,22-23H,10-21H2,(H2,35,36,46). The smallest absolute Gasteiger partial charge is 0.254 e. The molecule has 1 fully saturated rings. The molecule has 1 amide bonds. The van der Waals surface area contributed by atoms with Crippen LogP contribution < -0.4 is 10.6 Å². The minimum atomic E-state index is -0.212. The fourth-order valence-electron chi connectivity index (χ4n) is 5.03. The lowest BCUT2D eigenvalue weighted by atomic mass is 9.84. The minimum Gasteiger partial charge on any atom is -0.377 e. The number of carbonyl (C=O) groups excluding carboxylic acids is 3. The van der Waals surface area contributed by atoms with Gasteiger partial charge in [0, 0.05) is 52.3 Å². The van der Waals surface area contributed by atoms with Crippen molar-refractivity contribution in [1.82, 2.24) is 4.90 Å². The molecule has 1 heterocycles. The Morgan fingerprint density at radius 1 is 0.565 bits per heavy atom. The summed E-state index contributed by atoms with van der Waals surface area (Å²) in [5.41, 5.74) is 3.10. The Bertz CT molecular complexity index is 1530. The fourth-order valence-corrected chi connectivity index (χ4v) is 5.26. The van der Waals surface area contributed by atoms with Crippen molar-refractivity contribution in [3.63, 3.8) is 0 Å². The summed E-state index contributed by atoms with van der Waals surface area (Å²) in [6.45, 7) is 5.08. The highest BCUT2D eigenvalue weighted by molar-refractivity contribution is 7.80. The number of hydrogen-bond donors (Lipinski definition) is 2. The molecule has 0 unspecified atom stereocenters. The fraction of sp³-hybridized carbons (Fsp3) is 0.353. The zero-order valence-electron chi connectivity index (χ0n) is 25.5. The number of amides is 1. The molecule has 0 radical (unpaired) electrons. The number of hydrogen-bond acceptors (Lipinski definition) is 9. The second kappa shape index (κ2) is 17.0. The quantitative estimate of drug-likeness (QED) is 0.316. The molecule has 1 saturated heterocycles. The van der Waals surface area contributed by atoms with E-state index in [2.05, 4.69) is 10.6 Å². The van der Waals surface area contributed by atoms with Crippen LogP contribution in [0.4, 0.5) is 11.4 Å². The van der Waals surface area contributed by atoms with Gasteiger partial charge in [-0.1, -0.05) is 30.3 Å². The van der Waals surface area contributed by atoms with E-state index in [0.717, 1.165) is 0 Å². The third-order valence-corrected chi connectivity index (χ3v) is 7.54. The summed E-state index contributed by atoms with van der Waals surface area (Å²) in [5.74, 6) is -0.571. The SMILES string of the molecule is O=C1c2ccccc2C(=O)c2cc(NC(=S)Nc3cccc(C(=O)N4CCOCCOCCOCCOCCOCC4)c3)ccc21. The molecule has 11 nitrogen and oxygen atoms in total. The van der Waals surface area contributed by atoms with Gasteiger partial charge in [-0.3, -0.25) is 14.4 Å². The summed E-state index contributed by atoms with van der Waals surface area (Å²) in [7, 11) is 0. The summed E-state index contributed by atoms with van der Waals surface area (Å²) >= 11 is 5.53. The highest BCUT2D eigenvalue weighted by atomic mass is 32.1. The predicted molar refractivity (Wildman–Crippen MR) is 176 cm³/mol. The Balaban J connectivity index is 1.19. The summed E-state index contributed by atoms with van der Waals surface area (Å²) < 4.78 is 27.8. The number of ether oxygens (including phenoxy) is 5. The normalized spacial score (nSPS) is 17.2. The molecule has 2 N–H and O–H groups in total. The topological polar surface area (TPSA) is 125 Å². The molecular weight excluding hydrogens is 610 g/mol. The van der Waals surface area contributed by atoms with Gasteiger partial charge in [-0.05, 0) is 48.6 Å². The molecule has 1 aliphatic carbocycles. The van der Waals surface area contributed by atoms with Gasteiger partial charge in [-0.25, -0.2) is 0 Å². The number of thiocarbonyl (C=S) groups is 1. The maximum Gasteiger partial charge on any atom is 0.254 e. The number of rotatable bonds is 3. The van der Waals surface area contributed by atoms with Crippen LogP contribution in [-0.4, -0.2) is 107 Å². The van der Waals surface area contributed by atoms with Crippen molar-refractivity contribution in [2.24, 2.45) is 0 Å². The van der Waals surface area contributed by atoms with Gasteiger partial charge in [0.15, 0.2) is 16.7 Å². The zero-order valence-corrected chi connectivity index (χ0v) is 26.3. The molecule has 3 aromatic carbocycles. The number of ketones is 2. The van der Waals surface area contributed by atoms with Gasteiger partial charge in [0.25, 0.3) is 5.91 Å². The summed E-state index contributed by atoms with van der Waals surface area (Å²) in [6.07, 6.45) is 0. The molecule has 0 bridgehead atoms. The number of benzene rings is 3. The number of fused-ring (bicyclic) bond motifs is 2. The van der Waals surface area contributed by atoms with Crippen LogP contribution in [0.1, 0.15) is 42.2 Å². The van der Waals surface area contributed by atoms with Crippen molar-refractivity contribution in [3.8, 4) is 0 Å². The summed E-state index contributed by atoms with van der Waals surface area (Å²) in [5, 5.41) is 6.44. The highest BCUT2D eigenvalue weighted by Crippen LogP contribution is 2.29. The van der Waals surface area contributed by atoms with E-state index >= 15 is 0 Å². The number of nitrogens with zero attached hydrogens (tertiary/aromatic N) is 1. The van der Waals surface area contributed by atoms with Crippen LogP contribution in [0.3, 0.4) is 0 Å². The third kappa shape index (κ3) is 9.03. The molecule has 5 rings (SSSR count). The molecule has 46 heavy (non-hydrogen) atoms. The Morgan fingerprint density at radius 3 is 1.61 bits per heavy atom. The van der Waals surface area contributed by atoms with Crippen molar-refractivity contribution in [1.29, 1.82) is 0 Å². The number of anilines is 2. The molecule has 0 saturated carbocycles. The van der Waals surface area contributed by atoms with Crippen LogP contribution in [0.5, 0.6) is 0 Å². The van der Waals surface area contributed by atoms with Crippen LogP contribution in [0.2, 0.25) is 0 Å². The van der Waals surface area contributed by atoms with Gasteiger partial charge >= 0.3 is 0 Å². The van der Waals surface area contributed by atoms with Crippen LogP contribution in [-0.2, 0) is 23.7 Å². The summed E-state index contributed by atoms with van der Waals surface area (Å²) in [4.78, 5) is 41.3. The van der Waals surface area contributed by atoms with Crippen LogP contribution in [0.15, 0.2) is 66.7 Å². The maximum atomic E-state index is 13.6. The van der Waals surface area contributed by atoms with Crippen molar-refractivity contribution in [2.45, 2.75) is 0 Å². The van der Waals surface area contributed by atoms with E-state index in [9.17, 15) is 14.4 Å². The molecule has 242 valence electrons. The lowest BCUT2D eigenvalue weighted by molar-refractivity contribution is -0.0176. The molecule has 12 heteroatoms. The van der Waals surface area contributed by atoms with E-state index in [-0.39, 0.29) is 22.6 Å². The number of nitrogens with one attached hydrogen (secondary N) is 2. The lowest BCUT2D eigenvalue weighted by Gasteiger charge is -2.23. The molecule has 2 aliphatic rings. The van der Waals surface area contributed by atoms with Crippen LogP contribution in [0, 0.1) is 0 Å². The van der Waals surface area contributed by atoms with Gasteiger partial charge < -0.3 is 39.2 Å². The molecule has 0 aromatic heterocycles. The zero-order chi connectivity index (χ0) is 32.1. The van der Waals surface area contributed by atoms with Crippen molar-refractivity contribution in [3.05, 3.63) is 94.5 Å². The minimum absolute atomic E-state index is 0.174. The Morgan fingerprint density at radius 2 is 1.04 bits per heavy atom. The monoisotopic (exact) mass is 647 g/mol. The van der Waals surface area contributed by atoms with Crippen molar-refractivity contribution >= 4 is 46.2 Å². The second-order valence-electron chi connectivity index (χ2n) is 10.5. The molecule has 0 spiro atoms. The molecule has 1 aliphatic heterocycles. The first-order valence-electron chi connectivity index (χ1n) is 15.2. The van der Waals surface area contributed by atoms with Gasteiger partial charge in [-0.2, -0.15) is 0 Å². The van der Waals surface area contributed by atoms with E-state index in [1.165, 1.54) is 0 Å². The van der Waals surface area contributed by atoms with E-state index in [1.54, 1.807) is 71.6 Å². The van der Waals surface area contributed by atoms with E-state index in [0.29, 0.717) is 118 Å². The average molecular weight is 648 g/mol. The van der Waals surface area contributed by atoms with E-state index in [4.69, 9.17) is 35.9 Å². The Kier molecular flexibility index (Phi) is 12.3. The first-order valence-corrected chi connectivity index (χ1v) is 15.6. The Hall–Kier alpha value is -4.04. The second-order valence-corrected chi connectivity index (χ2v) is 10.9. The largest absolute Gasteiger partial charge is 0.377 e. The first kappa shape index (κ1) is 33.3. The van der Waals surface area contributed by atoms with Gasteiger partial charge in [0.2, 0.25) is 0 Å². The van der Waals surface area contributed by atoms with Crippen molar-refractivity contribution < 1.29 is 38.1 Å². The molecule has 0 atom stereocenters. The first-order chi connectivity index (χ1) is 22.5. The highest BCUT2D eigenvalue weighted by Gasteiger charge is 2.29. The van der Waals surface area contributed by atoms with Crippen LogP contribution >= 0.6 is 12.2 Å². The van der Waals surface area contributed by atoms with Crippen LogP contribution in [0.25, 0.3) is 0 Å². The van der Waals surface area contributed by atoms with Crippen molar-refractivity contribution in [2.75, 3.05) is 89.8 Å². The van der Waals surface area contributed by atoms with Gasteiger partial charge in [0.1, 0.15) is 0 Å².